The van der Waals surface area contributed by atoms with Crippen LogP contribution in [-0.2, 0) is 23.8 Å². The summed E-state index contributed by atoms with van der Waals surface area (Å²) in [5, 5.41) is 0. The van der Waals surface area contributed by atoms with E-state index in [1.54, 1.807) is 18.2 Å². The van der Waals surface area contributed by atoms with Crippen LogP contribution in [0.2, 0.25) is 0 Å². The summed E-state index contributed by atoms with van der Waals surface area (Å²) < 4.78 is 39.8. The molecule has 1 fully saturated rings. The minimum Gasteiger partial charge on any atom is -0.370 e. The quantitative estimate of drug-likeness (QED) is 0.611. The monoisotopic (exact) mass is 298 g/mol. The van der Waals surface area contributed by atoms with Crippen LogP contribution in [0, 0.1) is 6.92 Å². The van der Waals surface area contributed by atoms with Gasteiger partial charge in [0.15, 0.2) is 0 Å². The van der Waals surface area contributed by atoms with Crippen LogP contribution >= 0.6 is 0 Å². The summed E-state index contributed by atoms with van der Waals surface area (Å²) in [4.78, 5) is 0.142. The summed E-state index contributed by atoms with van der Waals surface area (Å²) in [7, 11) is -3.75. The minimum atomic E-state index is -3.75. The fraction of sp³-hybridized carbons (Fsp3) is 0.429. The third-order valence-electron chi connectivity index (χ3n) is 2.97. The first-order valence-corrected chi connectivity index (χ1v) is 7.74. The van der Waals surface area contributed by atoms with E-state index in [1.807, 2.05) is 6.92 Å². The Hall–Kier alpha value is -1.21. The highest BCUT2D eigenvalue weighted by Crippen LogP contribution is 2.15. The van der Waals surface area contributed by atoms with Crippen molar-refractivity contribution in [3.63, 3.8) is 0 Å². The lowest BCUT2D eigenvalue weighted by atomic mass is 10.2. The molecule has 0 spiro atoms. The van der Waals surface area contributed by atoms with Gasteiger partial charge < -0.3 is 9.47 Å². The number of rotatable bonds is 5. The molecule has 0 amide bonds. The van der Waals surface area contributed by atoms with Crippen LogP contribution in [0.4, 0.5) is 0 Å². The van der Waals surface area contributed by atoms with E-state index in [1.165, 1.54) is 12.1 Å². The van der Waals surface area contributed by atoms with Crippen molar-refractivity contribution < 1.29 is 22.1 Å². The maximum atomic E-state index is 12.0. The second-order valence-electron chi connectivity index (χ2n) is 4.61. The van der Waals surface area contributed by atoms with Crippen LogP contribution < -0.4 is 0 Å². The van der Waals surface area contributed by atoms with Crippen LogP contribution in [0.15, 0.2) is 41.8 Å². The van der Waals surface area contributed by atoms with E-state index >= 15 is 0 Å². The van der Waals surface area contributed by atoms with Gasteiger partial charge in [0.25, 0.3) is 10.1 Å². The molecule has 0 radical (unpaired) electrons. The zero-order valence-electron chi connectivity index (χ0n) is 11.3. The number of benzene rings is 1. The molecule has 0 N–H and O–H groups in total. The second kappa shape index (κ2) is 6.49. The van der Waals surface area contributed by atoms with Crippen molar-refractivity contribution in [1.29, 1.82) is 0 Å². The lowest BCUT2D eigenvalue weighted by molar-refractivity contribution is -0.126. The third-order valence-corrected chi connectivity index (χ3v) is 4.27. The Kier molecular flexibility index (Phi) is 4.93. The molecule has 1 aromatic rings. The highest BCUT2D eigenvalue weighted by molar-refractivity contribution is 7.86. The Balaban J connectivity index is 1.90. The van der Waals surface area contributed by atoms with E-state index in [9.17, 15) is 8.42 Å². The summed E-state index contributed by atoms with van der Waals surface area (Å²) in [5.74, 6) is 0. The minimum absolute atomic E-state index is 0.0555. The largest absolute Gasteiger partial charge is 0.370 e. The SMILES string of the molecule is C=C[C@@H]1CO[C@@H](COS(=O)(=O)c2ccc(C)cc2)CO1. The van der Waals surface area contributed by atoms with E-state index in [2.05, 4.69) is 6.58 Å². The molecule has 1 aromatic carbocycles. The molecule has 20 heavy (non-hydrogen) atoms. The van der Waals surface area contributed by atoms with Crippen molar-refractivity contribution >= 4 is 10.1 Å². The van der Waals surface area contributed by atoms with Crippen molar-refractivity contribution in [1.82, 2.24) is 0 Å². The smallest absolute Gasteiger partial charge is 0.297 e. The van der Waals surface area contributed by atoms with Gasteiger partial charge in [-0.25, -0.2) is 0 Å². The number of hydrogen-bond donors (Lipinski definition) is 0. The summed E-state index contributed by atoms with van der Waals surface area (Å²) >= 11 is 0. The Bertz CT molecular complexity index is 541. The first-order chi connectivity index (χ1) is 9.51. The van der Waals surface area contributed by atoms with E-state index in [0.29, 0.717) is 13.2 Å². The topological polar surface area (TPSA) is 61.8 Å². The molecule has 2 rings (SSSR count). The first kappa shape index (κ1) is 15.2. The standard InChI is InChI=1S/C14H18O5S/c1-3-12-8-18-13(9-17-12)10-19-20(15,16)14-6-4-11(2)5-7-14/h3-7,12-13H,1,8-10H2,2H3/t12-,13-/m1/s1. The van der Waals surface area contributed by atoms with E-state index in [4.69, 9.17) is 13.7 Å². The molecular weight excluding hydrogens is 280 g/mol. The van der Waals surface area contributed by atoms with Crippen LogP contribution in [0.25, 0.3) is 0 Å². The van der Waals surface area contributed by atoms with E-state index in [0.717, 1.165) is 5.56 Å². The zero-order chi connectivity index (χ0) is 14.6. The molecule has 5 nitrogen and oxygen atoms in total. The van der Waals surface area contributed by atoms with Gasteiger partial charge in [-0.3, -0.25) is 4.18 Å². The normalized spacial score (nSPS) is 23.4. The number of aryl methyl sites for hydroxylation is 1. The molecule has 1 aliphatic rings. The van der Waals surface area contributed by atoms with Crippen molar-refractivity contribution in [2.24, 2.45) is 0 Å². The summed E-state index contributed by atoms with van der Waals surface area (Å²) in [6.45, 7) is 6.10. The molecule has 2 atom stereocenters. The summed E-state index contributed by atoms with van der Waals surface area (Å²) in [5.41, 5.74) is 0.989. The number of hydrogen-bond acceptors (Lipinski definition) is 5. The Morgan fingerprint density at radius 1 is 1.30 bits per heavy atom. The van der Waals surface area contributed by atoms with Gasteiger partial charge in [-0.2, -0.15) is 8.42 Å². The Morgan fingerprint density at radius 2 is 2.00 bits per heavy atom. The third kappa shape index (κ3) is 3.89. The lowest BCUT2D eigenvalue weighted by Gasteiger charge is -2.27. The first-order valence-electron chi connectivity index (χ1n) is 6.33. The van der Waals surface area contributed by atoms with Gasteiger partial charge in [0.1, 0.15) is 6.10 Å². The molecule has 0 aliphatic carbocycles. The van der Waals surface area contributed by atoms with Gasteiger partial charge >= 0.3 is 0 Å². The van der Waals surface area contributed by atoms with Crippen LogP contribution in [0.3, 0.4) is 0 Å². The lowest BCUT2D eigenvalue weighted by Crippen LogP contribution is -2.37. The molecule has 1 aliphatic heterocycles. The highest BCUT2D eigenvalue weighted by Gasteiger charge is 2.23. The van der Waals surface area contributed by atoms with Gasteiger partial charge in [0.05, 0.1) is 30.8 Å². The molecule has 6 heteroatoms. The molecule has 0 bridgehead atoms. The van der Waals surface area contributed by atoms with E-state index < -0.39 is 10.1 Å². The average Bonchev–Trinajstić information content (AvgIpc) is 2.46. The van der Waals surface area contributed by atoms with Crippen LogP contribution in [-0.4, -0.2) is 40.4 Å². The fourth-order valence-corrected chi connectivity index (χ4v) is 2.67. The van der Waals surface area contributed by atoms with Crippen molar-refractivity contribution in [2.75, 3.05) is 19.8 Å². The molecule has 0 unspecified atom stereocenters. The average molecular weight is 298 g/mol. The number of ether oxygens (including phenoxy) is 2. The molecular formula is C14H18O5S. The van der Waals surface area contributed by atoms with Crippen molar-refractivity contribution in [3.05, 3.63) is 42.5 Å². The van der Waals surface area contributed by atoms with Crippen LogP contribution in [0.1, 0.15) is 5.56 Å². The summed E-state index contributed by atoms with van der Waals surface area (Å²) in [6.07, 6.45) is 1.13. The van der Waals surface area contributed by atoms with Crippen molar-refractivity contribution in [2.45, 2.75) is 24.0 Å². The second-order valence-corrected chi connectivity index (χ2v) is 6.23. The van der Waals surface area contributed by atoms with Gasteiger partial charge in [-0.1, -0.05) is 23.8 Å². The molecule has 0 saturated carbocycles. The predicted molar refractivity (Wildman–Crippen MR) is 74.0 cm³/mol. The van der Waals surface area contributed by atoms with Gasteiger partial charge in [0, 0.05) is 0 Å². The zero-order valence-corrected chi connectivity index (χ0v) is 12.1. The van der Waals surface area contributed by atoms with Crippen molar-refractivity contribution in [3.8, 4) is 0 Å². The maximum absolute atomic E-state index is 12.0. The van der Waals surface area contributed by atoms with E-state index in [-0.39, 0.29) is 23.7 Å². The fourth-order valence-electron chi connectivity index (χ4n) is 1.73. The molecule has 0 aromatic heterocycles. The Morgan fingerprint density at radius 3 is 2.55 bits per heavy atom. The Labute approximate surface area is 119 Å². The van der Waals surface area contributed by atoms with Gasteiger partial charge in [-0.05, 0) is 19.1 Å². The van der Waals surface area contributed by atoms with Gasteiger partial charge in [-0.15, -0.1) is 6.58 Å². The highest BCUT2D eigenvalue weighted by atomic mass is 32.2. The van der Waals surface area contributed by atoms with Crippen LogP contribution in [0.5, 0.6) is 0 Å². The predicted octanol–water partition coefficient (Wildman–Crippen LogP) is 1.67. The molecule has 1 heterocycles. The summed E-state index contributed by atoms with van der Waals surface area (Å²) in [6, 6.07) is 6.50. The molecule has 110 valence electrons. The van der Waals surface area contributed by atoms with Gasteiger partial charge in [0.2, 0.25) is 0 Å². The maximum Gasteiger partial charge on any atom is 0.297 e. The molecule has 1 saturated heterocycles.